The van der Waals surface area contributed by atoms with Gasteiger partial charge in [0.05, 0.1) is 11.5 Å². The standard InChI is InChI=1S/C30H41NO4/c1-2-3-4-5-6-7-8-9-10-11-12-13-14-15-30(33)27-19-18-26-25-17-16-24(31(34)35)20-23(25)21-28(26)29(27)22-32/h16-20,32H,2-15,21-22H2,1H3. The number of nitro benzene ring substituents is 1. The molecule has 0 unspecified atom stereocenters. The molecule has 0 aliphatic heterocycles. The van der Waals surface area contributed by atoms with Crippen molar-refractivity contribution >= 4 is 11.5 Å². The zero-order valence-corrected chi connectivity index (χ0v) is 21.3. The van der Waals surface area contributed by atoms with Crippen molar-refractivity contribution < 1.29 is 14.8 Å². The molecule has 0 saturated heterocycles. The molecular weight excluding hydrogens is 438 g/mol. The Bertz CT molecular complexity index is 998. The molecule has 5 heteroatoms. The minimum atomic E-state index is -0.388. The maximum absolute atomic E-state index is 12.9. The summed E-state index contributed by atoms with van der Waals surface area (Å²) in [5.41, 5.74) is 5.09. The highest BCUT2D eigenvalue weighted by Gasteiger charge is 2.26. The molecule has 0 radical (unpaired) electrons. The molecule has 0 aromatic heterocycles. The first kappa shape index (κ1) is 27.1. The molecule has 0 heterocycles. The van der Waals surface area contributed by atoms with Crippen molar-refractivity contribution in [2.45, 2.75) is 110 Å². The molecule has 190 valence electrons. The van der Waals surface area contributed by atoms with Crippen LogP contribution in [0.15, 0.2) is 30.3 Å². The zero-order valence-electron chi connectivity index (χ0n) is 21.3. The number of nitro groups is 1. The van der Waals surface area contributed by atoms with Gasteiger partial charge in [-0.2, -0.15) is 0 Å². The van der Waals surface area contributed by atoms with Crippen LogP contribution in [0.1, 0.15) is 124 Å². The summed E-state index contributed by atoms with van der Waals surface area (Å²) < 4.78 is 0. The van der Waals surface area contributed by atoms with E-state index in [-0.39, 0.29) is 23.0 Å². The number of ketones is 1. The molecule has 0 atom stereocenters. The van der Waals surface area contributed by atoms with Gasteiger partial charge in [-0.15, -0.1) is 0 Å². The number of unbranched alkanes of at least 4 members (excludes halogenated alkanes) is 12. The van der Waals surface area contributed by atoms with Crippen molar-refractivity contribution in [3.8, 4) is 11.1 Å². The smallest absolute Gasteiger partial charge is 0.269 e. The fourth-order valence-electron chi connectivity index (χ4n) is 5.32. The Morgan fingerprint density at radius 1 is 0.857 bits per heavy atom. The van der Waals surface area contributed by atoms with Crippen molar-refractivity contribution in [3.63, 3.8) is 0 Å². The quantitative estimate of drug-likeness (QED) is 0.0913. The van der Waals surface area contributed by atoms with Gasteiger partial charge in [-0.1, -0.05) is 96.1 Å². The van der Waals surface area contributed by atoms with Crippen LogP contribution in [0, 0.1) is 10.1 Å². The fourth-order valence-corrected chi connectivity index (χ4v) is 5.32. The summed E-state index contributed by atoms with van der Waals surface area (Å²) >= 11 is 0. The summed E-state index contributed by atoms with van der Waals surface area (Å²) in [7, 11) is 0. The molecule has 3 rings (SSSR count). The van der Waals surface area contributed by atoms with Gasteiger partial charge in [0.15, 0.2) is 5.78 Å². The van der Waals surface area contributed by atoms with Crippen LogP contribution in [0.2, 0.25) is 0 Å². The van der Waals surface area contributed by atoms with Gasteiger partial charge in [0.1, 0.15) is 0 Å². The topological polar surface area (TPSA) is 80.4 Å². The molecule has 0 spiro atoms. The molecule has 1 aliphatic rings. The second-order valence-electron chi connectivity index (χ2n) is 9.97. The lowest BCUT2D eigenvalue weighted by Crippen LogP contribution is -2.07. The van der Waals surface area contributed by atoms with Crippen LogP contribution in [0.25, 0.3) is 11.1 Å². The summed E-state index contributed by atoms with van der Waals surface area (Å²) in [6, 6.07) is 8.65. The Labute approximate surface area is 210 Å². The second kappa shape index (κ2) is 14.1. The van der Waals surface area contributed by atoms with Crippen LogP contribution in [-0.2, 0) is 13.0 Å². The lowest BCUT2D eigenvalue weighted by atomic mass is 9.92. The number of Topliss-reactive ketones (excluding diaryl/α,β-unsaturated/α-hetero) is 1. The normalized spacial score (nSPS) is 11.9. The monoisotopic (exact) mass is 479 g/mol. The molecule has 0 amide bonds. The number of aliphatic hydroxyl groups excluding tert-OH is 1. The van der Waals surface area contributed by atoms with E-state index < -0.39 is 0 Å². The van der Waals surface area contributed by atoms with Crippen LogP contribution in [-0.4, -0.2) is 15.8 Å². The summed E-state index contributed by atoms with van der Waals surface area (Å²) in [4.78, 5) is 23.7. The van der Waals surface area contributed by atoms with Crippen LogP contribution in [0.3, 0.4) is 0 Å². The van der Waals surface area contributed by atoms with Gasteiger partial charge in [0, 0.05) is 24.1 Å². The Hall–Kier alpha value is -2.53. The highest BCUT2D eigenvalue weighted by Crippen LogP contribution is 2.41. The molecule has 0 saturated carbocycles. The van der Waals surface area contributed by atoms with Gasteiger partial charge < -0.3 is 5.11 Å². The number of non-ortho nitro benzene ring substituents is 1. The number of carbonyl (C=O) groups excluding carboxylic acids is 1. The maximum atomic E-state index is 12.9. The zero-order chi connectivity index (χ0) is 25.0. The SMILES string of the molecule is CCCCCCCCCCCCCCCC(=O)c1ccc2c(c1CO)Cc1cc([N+](=O)[O-])ccc1-2. The third-order valence-electron chi connectivity index (χ3n) is 7.35. The lowest BCUT2D eigenvalue weighted by Gasteiger charge is -2.12. The van der Waals surface area contributed by atoms with Crippen LogP contribution < -0.4 is 0 Å². The van der Waals surface area contributed by atoms with Crippen molar-refractivity contribution in [2.24, 2.45) is 0 Å². The molecule has 0 fully saturated rings. The number of benzene rings is 2. The number of hydrogen-bond acceptors (Lipinski definition) is 4. The van der Waals surface area contributed by atoms with Gasteiger partial charge in [0.2, 0.25) is 0 Å². The second-order valence-corrected chi connectivity index (χ2v) is 9.97. The van der Waals surface area contributed by atoms with Gasteiger partial charge in [-0.3, -0.25) is 14.9 Å². The summed E-state index contributed by atoms with van der Waals surface area (Å²) in [6.07, 6.45) is 17.6. The number of hydrogen-bond donors (Lipinski definition) is 1. The van der Waals surface area contributed by atoms with Gasteiger partial charge >= 0.3 is 0 Å². The molecular formula is C30H41NO4. The minimum Gasteiger partial charge on any atom is -0.392 e. The average Bonchev–Trinajstić information content (AvgIpc) is 3.24. The third-order valence-corrected chi connectivity index (χ3v) is 7.35. The van der Waals surface area contributed by atoms with Crippen molar-refractivity contribution in [2.75, 3.05) is 0 Å². The lowest BCUT2D eigenvalue weighted by molar-refractivity contribution is -0.384. The number of nitrogens with zero attached hydrogens (tertiary/aromatic N) is 1. The number of carbonyl (C=O) groups is 1. The Balaban J connectivity index is 1.40. The fraction of sp³-hybridized carbons (Fsp3) is 0.567. The summed E-state index contributed by atoms with van der Waals surface area (Å²) in [5.74, 6) is 0.0851. The molecule has 2 aromatic rings. The largest absolute Gasteiger partial charge is 0.392 e. The van der Waals surface area contributed by atoms with E-state index in [1.165, 1.54) is 76.7 Å². The maximum Gasteiger partial charge on any atom is 0.269 e. The van der Waals surface area contributed by atoms with E-state index >= 15 is 0 Å². The Morgan fingerprint density at radius 3 is 2.00 bits per heavy atom. The number of fused-ring (bicyclic) bond motifs is 3. The van der Waals surface area contributed by atoms with Gasteiger partial charge in [-0.05, 0) is 46.7 Å². The highest BCUT2D eigenvalue weighted by atomic mass is 16.6. The van der Waals surface area contributed by atoms with E-state index in [0.29, 0.717) is 24.0 Å². The summed E-state index contributed by atoms with van der Waals surface area (Å²) in [5, 5.41) is 21.2. The Morgan fingerprint density at radius 2 is 1.43 bits per heavy atom. The first-order valence-electron chi connectivity index (χ1n) is 13.6. The van der Waals surface area contributed by atoms with Crippen LogP contribution in [0.5, 0.6) is 0 Å². The predicted molar refractivity (Wildman–Crippen MR) is 142 cm³/mol. The highest BCUT2D eigenvalue weighted by molar-refractivity contribution is 5.99. The van der Waals surface area contributed by atoms with Crippen LogP contribution in [0.4, 0.5) is 5.69 Å². The molecule has 35 heavy (non-hydrogen) atoms. The van der Waals surface area contributed by atoms with E-state index in [4.69, 9.17) is 0 Å². The van der Waals surface area contributed by atoms with Crippen LogP contribution >= 0.6 is 0 Å². The van der Waals surface area contributed by atoms with Gasteiger partial charge in [-0.25, -0.2) is 0 Å². The molecule has 1 aliphatic carbocycles. The Kier molecular flexibility index (Phi) is 10.9. The van der Waals surface area contributed by atoms with Crippen molar-refractivity contribution in [1.29, 1.82) is 0 Å². The van der Waals surface area contributed by atoms with Crippen molar-refractivity contribution in [1.82, 2.24) is 0 Å². The molecule has 1 N–H and O–H groups in total. The summed E-state index contributed by atoms with van der Waals surface area (Å²) in [6.45, 7) is 2.06. The van der Waals surface area contributed by atoms with E-state index in [2.05, 4.69) is 6.92 Å². The third kappa shape index (κ3) is 7.47. The predicted octanol–water partition coefficient (Wildman–Crippen LogP) is 8.32. The number of aliphatic hydroxyl groups is 1. The molecule has 0 bridgehead atoms. The van der Waals surface area contributed by atoms with E-state index in [9.17, 15) is 20.0 Å². The average molecular weight is 480 g/mol. The molecule has 2 aromatic carbocycles. The van der Waals surface area contributed by atoms with E-state index in [1.54, 1.807) is 12.1 Å². The van der Waals surface area contributed by atoms with Gasteiger partial charge in [0.25, 0.3) is 5.69 Å². The number of rotatable bonds is 17. The van der Waals surface area contributed by atoms with E-state index in [1.807, 2.05) is 12.1 Å². The molecule has 5 nitrogen and oxygen atoms in total. The first-order valence-corrected chi connectivity index (χ1v) is 13.6. The van der Waals surface area contributed by atoms with Crippen molar-refractivity contribution in [3.05, 3.63) is 62.7 Å². The first-order chi connectivity index (χ1) is 17.1. The van der Waals surface area contributed by atoms with E-state index in [0.717, 1.165) is 35.1 Å². The minimum absolute atomic E-state index is 0.0702.